The molecule has 0 aliphatic rings. The van der Waals surface area contributed by atoms with E-state index in [9.17, 15) is 0 Å². The summed E-state index contributed by atoms with van der Waals surface area (Å²) >= 11 is 7.81. The minimum absolute atomic E-state index is 0.151. The van der Waals surface area contributed by atoms with Crippen LogP contribution in [0.5, 0.6) is 0 Å². The fourth-order valence-electron chi connectivity index (χ4n) is 2.09. The SMILES string of the molecule is CCC(N)C(c1ccc(Cl)cc1)N(C)CCSC. The lowest BCUT2D eigenvalue weighted by atomic mass is 9.97. The average Bonchev–Trinajstić information content (AvgIpc) is 2.38. The molecule has 0 saturated heterocycles. The van der Waals surface area contributed by atoms with E-state index in [1.165, 1.54) is 5.56 Å². The molecule has 2 nitrogen and oxygen atoms in total. The predicted molar refractivity (Wildman–Crippen MR) is 83.5 cm³/mol. The maximum absolute atomic E-state index is 6.28. The number of hydrogen-bond acceptors (Lipinski definition) is 3. The van der Waals surface area contributed by atoms with Gasteiger partial charge in [-0.1, -0.05) is 30.7 Å². The third-order valence-electron chi connectivity index (χ3n) is 3.21. The van der Waals surface area contributed by atoms with Gasteiger partial charge in [-0.15, -0.1) is 0 Å². The number of nitrogens with zero attached hydrogens (tertiary/aromatic N) is 1. The summed E-state index contributed by atoms with van der Waals surface area (Å²) in [6, 6.07) is 8.46. The number of thioether (sulfide) groups is 1. The van der Waals surface area contributed by atoms with Crippen molar-refractivity contribution in [2.75, 3.05) is 25.6 Å². The molecule has 0 aliphatic heterocycles. The molecule has 0 aromatic heterocycles. The van der Waals surface area contributed by atoms with Crippen molar-refractivity contribution >= 4 is 23.4 Å². The first kappa shape index (κ1) is 15.8. The zero-order valence-corrected chi connectivity index (χ0v) is 13.0. The fraction of sp³-hybridized carbons (Fsp3) is 0.571. The summed E-state index contributed by atoms with van der Waals surface area (Å²) < 4.78 is 0. The summed E-state index contributed by atoms with van der Waals surface area (Å²) in [4.78, 5) is 2.34. The molecule has 2 unspecified atom stereocenters. The van der Waals surface area contributed by atoms with Gasteiger partial charge in [-0.3, -0.25) is 4.90 Å². The van der Waals surface area contributed by atoms with Crippen molar-refractivity contribution in [2.45, 2.75) is 25.4 Å². The van der Waals surface area contributed by atoms with Crippen LogP contribution in [-0.2, 0) is 0 Å². The maximum Gasteiger partial charge on any atom is 0.0496 e. The predicted octanol–water partition coefficient (Wildman–Crippen LogP) is 3.41. The Morgan fingerprint density at radius 3 is 2.44 bits per heavy atom. The van der Waals surface area contributed by atoms with Crippen LogP contribution in [0.25, 0.3) is 0 Å². The van der Waals surface area contributed by atoms with Gasteiger partial charge < -0.3 is 5.73 Å². The van der Waals surface area contributed by atoms with Crippen LogP contribution >= 0.6 is 23.4 Å². The quantitative estimate of drug-likeness (QED) is 0.833. The molecule has 0 fully saturated rings. The molecular weight excluding hydrogens is 264 g/mol. The van der Waals surface area contributed by atoms with E-state index in [0.29, 0.717) is 0 Å². The fourth-order valence-corrected chi connectivity index (χ4v) is 2.68. The molecule has 18 heavy (non-hydrogen) atoms. The van der Waals surface area contributed by atoms with Crippen molar-refractivity contribution in [1.82, 2.24) is 4.90 Å². The van der Waals surface area contributed by atoms with Gasteiger partial charge in [-0.25, -0.2) is 0 Å². The normalized spacial score (nSPS) is 14.8. The van der Waals surface area contributed by atoms with Gasteiger partial charge in [0.15, 0.2) is 0 Å². The molecule has 0 bridgehead atoms. The summed E-state index contributed by atoms with van der Waals surface area (Å²) in [5, 5.41) is 0.773. The van der Waals surface area contributed by atoms with Crippen molar-refractivity contribution < 1.29 is 0 Å². The van der Waals surface area contributed by atoms with Crippen molar-refractivity contribution in [3.05, 3.63) is 34.9 Å². The van der Waals surface area contributed by atoms with Crippen LogP contribution in [0.3, 0.4) is 0 Å². The topological polar surface area (TPSA) is 29.3 Å². The smallest absolute Gasteiger partial charge is 0.0496 e. The highest BCUT2D eigenvalue weighted by Gasteiger charge is 2.22. The molecule has 0 radical (unpaired) electrons. The second kappa shape index (κ2) is 8.05. The van der Waals surface area contributed by atoms with Crippen molar-refractivity contribution in [3.63, 3.8) is 0 Å². The number of halogens is 1. The van der Waals surface area contributed by atoms with E-state index in [0.717, 1.165) is 23.7 Å². The van der Waals surface area contributed by atoms with E-state index >= 15 is 0 Å². The van der Waals surface area contributed by atoms with Crippen LogP contribution in [-0.4, -0.2) is 36.5 Å². The third kappa shape index (κ3) is 4.47. The monoisotopic (exact) mass is 286 g/mol. The van der Waals surface area contributed by atoms with Crippen LogP contribution in [0.1, 0.15) is 24.9 Å². The lowest BCUT2D eigenvalue weighted by molar-refractivity contribution is 0.221. The minimum atomic E-state index is 0.151. The molecule has 1 aromatic rings. The number of rotatable bonds is 7. The molecule has 4 heteroatoms. The standard InChI is InChI=1S/C14H23ClN2S/c1-4-13(16)14(17(2)9-10-18-3)11-5-7-12(15)8-6-11/h5-8,13-14H,4,9-10,16H2,1-3H3. The number of hydrogen-bond donors (Lipinski definition) is 1. The number of likely N-dealkylation sites (N-methyl/N-ethyl adjacent to an activating group) is 1. The first-order valence-corrected chi connectivity index (χ1v) is 8.07. The van der Waals surface area contributed by atoms with Crippen molar-refractivity contribution in [3.8, 4) is 0 Å². The highest BCUT2D eigenvalue weighted by molar-refractivity contribution is 7.98. The van der Waals surface area contributed by atoms with E-state index < -0.39 is 0 Å². The summed E-state index contributed by atoms with van der Waals surface area (Å²) in [5.74, 6) is 1.12. The number of benzene rings is 1. The Balaban J connectivity index is 2.86. The van der Waals surface area contributed by atoms with E-state index in [1.54, 1.807) is 0 Å². The van der Waals surface area contributed by atoms with Gasteiger partial charge in [0.05, 0.1) is 0 Å². The zero-order valence-electron chi connectivity index (χ0n) is 11.4. The molecule has 2 atom stereocenters. The highest BCUT2D eigenvalue weighted by Crippen LogP contribution is 2.25. The molecule has 0 spiro atoms. The van der Waals surface area contributed by atoms with Gasteiger partial charge in [0.25, 0.3) is 0 Å². The van der Waals surface area contributed by atoms with Crippen LogP contribution in [0, 0.1) is 0 Å². The Hall–Kier alpha value is -0.220. The van der Waals surface area contributed by atoms with E-state index in [-0.39, 0.29) is 12.1 Å². The summed E-state index contributed by atoms with van der Waals surface area (Å²) in [6.07, 6.45) is 3.10. The summed E-state index contributed by atoms with van der Waals surface area (Å²) in [6.45, 7) is 3.18. The molecule has 0 saturated carbocycles. The van der Waals surface area contributed by atoms with Gasteiger partial charge in [-0.2, -0.15) is 11.8 Å². The summed E-state index contributed by atoms with van der Waals surface area (Å²) in [5.41, 5.74) is 7.53. The molecular formula is C14H23ClN2S. The Morgan fingerprint density at radius 2 is 1.94 bits per heavy atom. The van der Waals surface area contributed by atoms with Crippen LogP contribution in [0.15, 0.2) is 24.3 Å². The Labute approximate surface area is 120 Å². The van der Waals surface area contributed by atoms with Crippen LogP contribution < -0.4 is 5.73 Å². The minimum Gasteiger partial charge on any atom is -0.326 e. The molecule has 1 aromatic carbocycles. The maximum atomic E-state index is 6.28. The molecule has 2 N–H and O–H groups in total. The molecule has 0 aliphatic carbocycles. The lowest BCUT2D eigenvalue weighted by Crippen LogP contribution is -2.39. The molecule has 1 rings (SSSR count). The molecule has 0 heterocycles. The van der Waals surface area contributed by atoms with Crippen molar-refractivity contribution in [2.24, 2.45) is 5.73 Å². The Kier molecular flexibility index (Phi) is 7.08. The van der Waals surface area contributed by atoms with Gasteiger partial charge in [0.1, 0.15) is 0 Å². The first-order valence-electron chi connectivity index (χ1n) is 6.30. The molecule has 0 amide bonds. The lowest BCUT2D eigenvalue weighted by Gasteiger charge is -2.32. The van der Waals surface area contributed by atoms with Crippen LogP contribution in [0.2, 0.25) is 5.02 Å². The second-order valence-corrected chi connectivity index (χ2v) is 5.96. The van der Waals surface area contributed by atoms with Crippen LogP contribution in [0.4, 0.5) is 0 Å². The Morgan fingerprint density at radius 1 is 1.33 bits per heavy atom. The average molecular weight is 287 g/mol. The van der Waals surface area contributed by atoms with E-state index in [2.05, 4.69) is 37.3 Å². The Bertz CT molecular complexity index is 342. The van der Waals surface area contributed by atoms with Gasteiger partial charge >= 0.3 is 0 Å². The van der Waals surface area contributed by atoms with E-state index in [1.807, 2.05) is 23.9 Å². The first-order chi connectivity index (χ1) is 8.60. The third-order valence-corrected chi connectivity index (χ3v) is 4.05. The molecule has 102 valence electrons. The second-order valence-electron chi connectivity index (χ2n) is 4.54. The largest absolute Gasteiger partial charge is 0.326 e. The number of nitrogens with two attached hydrogens (primary N) is 1. The highest BCUT2D eigenvalue weighted by atomic mass is 35.5. The van der Waals surface area contributed by atoms with E-state index in [4.69, 9.17) is 17.3 Å². The van der Waals surface area contributed by atoms with Gasteiger partial charge in [-0.05, 0) is 37.4 Å². The van der Waals surface area contributed by atoms with Crippen molar-refractivity contribution in [1.29, 1.82) is 0 Å². The zero-order chi connectivity index (χ0) is 13.5. The van der Waals surface area contributed by atoms with Gasteiger partial charge in [0, 0.05) is 29.4 Å². The van der Waals surface area contributed by atoms with Gasteiger partial charge in [0.2, 0.25) is 0 Å². The summed E-state index contributed by atoms with van der Waals surface area (Å²) in [7, 11) is 2.14.